The molecule has 0 aliphatic heterocycles. The number of amides is 1. The lowest BCUT2D eigenvalue weighted by atomic mass is 10.1. The molecule has 0 atom stereocenters. The summed E-state index contributed by atoms with van der Waals surface area (Å²) in [6.07, 6.45) is 2.65. The molecule has 10 heteroatoms. The first-order valence-corrected chi connectivity index (χ1v) is 12.1. The van der Waals surface area contributed by atoms with E-state index in [0.29, 0.717) is 23.0 Å². The topological polar surface area (TPSA) is 134 Å². The summed E-state index contributed by atoms with van der Waals surface area (Å²) in [6, 6.07) is 18.2. The molecule has 0 spiro atoms. The van der Waals surface area contributed by atoms with Gasteiger partial charge in [-0.15, -0.1) is 0 Å². The zero-order valence-corrected chi connectivity index (χ0v) is 21.5. The van der Waals surface area contributed by atoms with Crippen LogP contribution in [0.3, 0.4) is 0 Å². The fraction of sp³-hybridized carbons (Fsp3) is 0.250. The second-order valence-corrected chi connectivity index (χ2v) is 9.56. The molecule has 4 aromatic rings. The Hall–Kier alpha value is -4.73. The number of benzene rings is 2. The maximum atomic E-state index is 12.5. The standard InChI is InChI=1S/C28H30N6O4/c1-28(2,3)38-27(36)30-12-13-37-23-16-31-26(32-17-23)21-8-4-6-19(14-21)18-34-25(35)11-10-24(33-34)20-7-5-9-22(29)15-20/h4-11,14-17H,12-13,18,29H2,1-3H3,(H,30,36). The summed E-state index contributed by atoms with van der Waals surface area (Å²) in [6.45, 7) is 6.21. The van der Waals surface area contributed by atoms with Gasteiger partial charge in [0.15, 0.2) is 11.6 Å². The normalized spacial score (nSPS) is 11.1. The molecule has 2 heterocycles. The number of nitrogens with one attached hydrogen (secondary N) is 1. The first-order valence-electron chi connectivity index (χ1n) is 12.1. The van der Waals surface area contributed by atoms with Gasteiger partial charge in [0.25, 0.3) is 5.56 Å². The fourth-order valence-corrected chi connectivity index (χ4v) is 3.57. The van der Waals surface area contributed by atoms with E-state index in [1.165, 1.54) is 10.7 Å². The minimum absolute atomic E-state index is 0.207. The zero-order chi connectivity index (χ0) is 27.1. The molecule has 2 aromatic carbocycles. The average Bonchev–Trinajstić information content (AvgIpc) is 2.87. The highest BCUT2D eigenvalue weighted by atomic mass is 16.6. The van der Waals surface area contributed by atoms with Crippen molar-refractivity contribution in [1.82, 2.24) is 25.1 Å². The Morgan fingerprint density at radius 2 is 1.74 bits per heavy atom. The van der Waals surface area contributed by atoms with E-state index in [-0.39, 0.29) is 25.3 Å². The van der Waals surface area contributed by atoms with Gasteiger partial charge in [0.2, 0.25) is 0 Å². The van der Waals surface area contributed by atoms with Gasteiger partial charge < -0.3 is 20.5 Å². The van der Waals surface area contributed by atoms with E-state index in [1.54, 1.807) is 45.3 Å². The molecule has 0 saturated heterocycles. The van der Waals surface area contributed by atoms with Gasteiger partial charge in [0.1, 0.15) is 12.2 Å². The van der Waals surface area contributed by atoms with Crippen molar-refractivity contribution in [1.29, 1.82) is 0 Å². The van der Waals surface area contributed by atoms with Crippen LogP contribution in [-0.4, -0.2) is 44.6 Å². The third-order valence-electron chi connectivity index (χ3n) is 5.23. The first kappa shape index (κ1) is 26.3. The molecule has 0 saturated carbocycles. The van der Waals surface area contributed by atoms with Gasteiger partial charge in [-0.3, -0.25) is 4.79 Å². The van der Waals surface area contributed by atoms with Gasteiger partial charge in [-0.25, -0.2) is 19.4 Å². The molecule has 0 aliphatic rings. The highest BCUT2D eigenvalue weighted by Gasteiger charge is 2.15. The van der Waals surface area contributed by atoms with Crippen LogP contribution >= 0.6 is 0 Å². The van der Waals surface area contributed by atoms with Crippen LogP contribution in [0.1, 0.15) is 26.3 Å². The SMILES string of the molecule is CC(C)(C)OC(=O)NCCOc1cnc(-c2cccc(Cn3nc(-c4cccc(N)c4)ccc3=O)c2)nc1. The Balaban J connectivity index is 1.39. The maximum absolute atomic E-state index is 12.5. The Morgan fingerprint density at radius 1 is 1.00 bits per heavy atom. The van der Waals surface area contributed by atoms with E-state index < -0.39 is 11.7 Å². The van der Waals surface area contributed by atoms with Gasteiger partial charge >= 0.3 is 6.09 Å². The lowest BCUT2D eigenvalue weighted by Crippen LogP contribution is -2.34. The van der Waals surface area contributed by atoms with Gasteiger partial charge in [0.05, 0.1) is 31.2 Å². The van der Waals surface area contributed by atoms with Crippen LogP contribution in [0.25, 0.3) is 22.6 Å². The van der Waals surface area contributed by atoms with Crippen molar-refractivity contribution in [3.05, 3.63) is 89.0 Å². The number of nitrogen functional groups attached to an aromatic ring is 1. The van der Waals surface area contributed by atoms with Crippen molar-refractivity contribution in [3.63, 3.8) is 0 Å². The van der Waals surface area contributed by atoms with E-state index in [9.17, 15) is 9.59 Å². The van der Waals surface area contributed by atoms with Crippen LogP contribution < -0.4 is 21.3 Å². The minimum atomic E-state index is -0.556. The number of nitrogens with zero attached hydrogens (tertiary/aromatic N) is 4. The van der Waals surface area contributed by atoms with Crippen LogP contribution in [0.2, 0.25) is 0 Å². The lowest BCUT2D eigenvalue weighted by Gasteiger charge is -2.19. The number of hydrogen-bond acceptors (Lipinski definition) is 8. The van der Waals surface area contributed by atoms with Crippen LogP contribution in [0.15, 0.2) is 77.9 Å². The molecule has 0 bridgehead atoms. The number of alkyl carbamates (subject to hydrolysis) is 1. The molecule has 0 unspecified atom stereocenters. The third kappa shape index (κ3) is 7.39. The van der Waals surface area contributed by atoms with E-state index in [4.69, 9.17) is 15.2 Å². The number of aromatic nitrogens is 4. The summed E-state index contributed by atoms with van der Waals surface area (Å²) >= 11 is 0. The van der Waals surface area contributed by atoms with E-state index in [1.807, 2.05) is 42.5 Å². The summed E-state index contributed by atoms with van der Waals surface area (Å²) in [4.78, 5) is 33.0. The number of nitrogens with two attached hydrogens (primary N) is 1. The number of hydrogen-bond donors (Lipinski definition) is 2. The molecular weight excluding hydrogens is 484 g/mol. The second-order valence-electron chi connectivity index (χ2n) is 9.56. The van der Waals surface area contributed by atoms with Crippen LogP contribution in [-0.2, 0) is 11.3 Å². The highest BCUT2D eigenvalue weighted by Crippen LogP contribution is 2.20. The molecule has 196 valence electrons. The summed E-state index contributed by atoms with van der Waals surface area (Å²) in [5.41, 5.74) is 8.92. The molecule has 0 aliphatic carbocycles. The van der Waals surface area contributed by atoms with Gasteiger partial charge in [-0.2, -0.15) is 5.10 Å². The van der Waals surface area contributed by atoms with Gasteiger partial charge in [-0.1, -0.05) is 30.3 Å². The number of carbonyl (C=O) groups is 1. The molecule has 0 fully saturated rings. The maximum Gasteiger partial charge on any atom is 0.407 e. The van der Waals surface area contributed by atoms with Crippen molar-refractivity contribution in [2.45, 2.75) is 32.9 Å². The summed E-state index contributed by atoms with van der Waals surface area (Å²) < 4.78 is 12.2. The summed E-state index contributed by atoms with van der Waals surface area (Å²) in [5, 5.41) is 7.15. The van der Waals surface area contributed by atoms with Crippen molar-refractivity contribution in [2.24, 2.45) is 0 Å². The van der Waals surface area contributed by atoms with Crippen LogP contribution in [0.4, 0.5) is 10.5 Å². The van der Waals surface area contributed by atoms with Crippen molar-refractivity contribution >= 4 is 11.8 Å². The highest BCUT2D eigenvalue weighted by molar-refractivity contribution is 5.67. The number of rotatable bonds is 8. The number of carbonyl (C=O) groups excluding carboxylic acids is 1. The Morgan fingerprint density at radius 3 is 2.47 bits per heavy atom. The molecule has 3 N–H and O–H groups in total. The first-order chi connectivity index (χ1) is 18.2. The van der Waals surface area contributed by atoms with Crippen LogP contribution in [0.5, 0.6) is 5.75 Å². The Labute approximate surface area is 220 Å². The van der Waals surface area contributed by atoms with Crippen molar-refractivity contribution in [2.75, 3.05) is 18.9 Å². The summed E-state index contributed by atoms with van der Waals surface area (Å²) in [7, 11) is 0. The average molecular weight is 515 g/mol. The van der Waals surface area contributed by atoms with E-state index in [0.717, 1.165) is 16.7 Å². The Bertz CT molecular complexity index is 1460. The molecular formula is C28H30N6O4. The largest absolute Gasteiger partial charge is 0.489 e. The predicted octanol–water partition coefficient (Wildman–Crippen LogP) is 3.90. The third-order valence-corrected chi connectivity index (χ3v) is 5.23. The van der Waals surface area contributed by atoms with E-state index in [2.05, 4.69) is 20.4 Å². The lowest BCUT2D eigenvalue weighted by molar-refractivity contribution is 0.0520. The van der Waals surface area contributed by atoms with Crippen molar-refractivity contribution < 1.29 is 14.3 Å². The molecule has 38 heavy (non-hydrogen) atoms. The quantitative estimate of drug-likeness (QED) is 0.267. The number of anilines is 1. The van der Waals surface area contributed by atoms with E-state index >= 15 is 0 Å². The minimum Gasteiger partial charge on any atom is -0.489 e. The molecule has 2 aromatic heterocycles. The van der Waals surface area contributed by atoms with Gasteiger partial charge in [0, 0.05) is 22.9 Å². The second kappa shape index (κ2) is 11.5. The molecule has 1 amide bonds. The summed E-state index contributed by atoms with van der Waals surface area (Å²) in [5.74, 6) is 0.991. The molecule has 10 nitrogen and oxygen atoms in total. The molecule has 4 rings (SSSR count). The smallest absolute Gasteiger partial charge is 0.407 e. The number of ether oxygens (including phenoxy) is 2. The van der Waals surface area contributed by atoms with Crippen molar-refractivity contribution in [3.8, 4) is 28.4 Å². The Kier molecular flexibility index (Phi) is 8.00. The molecule has 0 radical (unpaired) electrons. The predicted molar refractivity (Wildman–Crippen MR) is 145 cm³/mol. The fourth-order valence-electron chi connectivity index (χ4n) is 3.57. The zero-order valence-electron chi connectivity index (χ0n) is 21.5. The van der Waals surface area contributed by atoms with Gasteiger partial charge in [-0.05, 0) is 50.6 Å². The monoisotopic (exact) mass is 514 g/mol. The van der Waals surface area contributed by atoms with Crippen LogP contribution in [0, 0.1) is 0 Å².